The number of hydrazone groups is 1. The molecule has 1 aromatic heterocycles. The standard InChI is InChI=1S/C14H14ClN3O/c1-18-7-3-6-13(18)9-14(19)17-16-10-11-4-2-5-12(15)8-11/h2-8,10H,9H2,1H3,(H,17,19). The average Bonchev–Trinajstić information content (AvgIpc) is 2.75. The Morgan fingerprint density at radius 2 is 2.26 bits per heavy atom. The number of aryl methyl sites for hydroxylation is 1. The molecule has 0 bridgehead atoms. The first-order valence-electron chi connectivity index (χ1n) is 5.83. The zero-order chi connectivity index (χ0) is 13.7. The summed E-state index contributed by atoms with van der Waals surface area (Å²) in [4.78, 5) is 11.7. The molecule has 0 spiro atoms. The van der Waals surface area contributed by atoms with Crippen molar-refractivity contribution >= 4 is 23.7 Å². The highest BCUT2D eigenvalue weighted by molar-refractivity contribution is 6.30. The van der Waals surface area contributed by atoms with Gasteiger partial charge in [-0.15, -0.1) is 0 Å². The first-order valence-corrected chi connectivity index (χ1v) is 6.20. The van der Waals surface area contributed by atoms with Gasteiger partial charge in [0.25, 0.3) is 0 Å². The maximum Gasteiger partial charge on any atom is 0.245 e. The van der Waals surface area contributed by atoms with Crippen LogP contribution in [0.15, 0.2) is 47.7 Å². The van der Waals surface area contributed by atoms with Gasteiger partial charge in [0.1, 0.15) is 0 Å². The molecule has 0 atom stereocenters. The van der Waals surface area contributed by atoms with Crippen LogP contribution in [0.4, 0.5) is 0 Å². The predicted octanol–water partition coefficient (Wildman–Crippen LogP) is 2.37. The van der Waals surface area contributed by atoms with Crippen LogP contribution >= 0.6 is 11.6 Å². The van der Waals surface area contributed by atoms with Crippen LogP contribution in [-0.4, -0.2) is 16.7 Å². The van der Waals surface area contributed by atoms with E-state index >= 15 is 0 Å². The molecule has 0 radical (unpaired) electrons. The molecule has 98 valence electrons. The molecule has 1 heterocycles. The van der Waals surface area contributed by atoms with Crippen LogP contribution in [0.1, 0.15) is 11.3 Å². The summed E-state index contributed by atoms with van der Waals surface area (Å²) < 4.78 is 1.90. The Morgan fingerprint density at radius 1 is 1.42 bits per heavy atom. The predicted molar refractivity (Wildman–Crippen MR) is 76.3 cm³/mol. The molecule has 2 rings (SSSR count). The lowest BCUT2D eigenvalue weighted by Gasteiger charge is -2.01. The van der Waals surface area contributed by atoms with E-state index in [0.717, 1.165) is 11.3 Å². The molecular weight excluding hydrogens is 262 g/mol. The number of halogens is 1. The van der Waals surface area contributed by atoms with E-state index in [9.17, 15) is 4.79 Å². The molecule has 19 heavy (non-hydrogen) atoms. The van der Waals surface area contributed by atoms with Crippen LogP contribution in [-0.2, 0) is 18.3 Å². The molecule has 0 aliphatic heterocycles. The molecule has 0 aliphatic rings. The van der Waals surface area contributed by atoms with Gasteiger partial charge in [-0.2, -0.15) is 5.10 Å². The normalized spacial score (nSPS) is 10.8. The number of nitrogens with zero attached hydrogens (tertiary/aromatic N) is 2. The Hall–Kier alpha value is -2.07. The fraction of sp³-hybridized carbons (Fsp3) is 0.143. The van der Waals surface area contributed by atoms with Crippen molar-refractivity contribution in [1.82, 2.24) is 9.99 Å². The molecule has 0 saturated carbocycles. The molecule has 1 aromatic carbocycles. The number of carbonyl (C=O) groups is 1. The summed E-state index contributed by atoms with van der Waals surface area (Å²) in [5, 5.41) is 4.54. The second-order valence-corrected chi connectivity index (χ2v) is 4.57. The van der Waals surface area contributed by atoms with Gasteiger partial charge >= 0.3 is 0 Å². The zero-order valence-electron chi connectivity index (χ0n) is 10.5. The molecule has 0 unspecified atom stereocenters. The average molecular weight is 276 g/mol. The lowest BCUT2D eigenvalue weighted by atomic mass is 10.2. The van der Waals surface area contributed by atoms with Gasteiger partial charge in [0.2, 0.25) is 5.91 Å². The second kappa shape index (κ2) is 6.20. The molecule has 2 aromatic rings. The summed E-state index contributed by atoms with van der Waals surface area (Å²) in [6.07, 6.45) is 3.77. The molecule has 1 amide bonds. The second-order valence-electron chi connectivity index (χ2n) is 4.14. The number of aromatic nitrogens is 1. The van der Waals surface area contributed by atoms with Crippen LogP contribution in [0.2, 0.25) is 5.02 Å². The van der Waals surface area contributed by atoms with Gasteiger partial charge in [-0.05, 0) is 29.8 Å². The van der Waals surface area contributed by atoms with Crippen molar-refractivity contribution in [1.29, 1.82) is 0 Å². The van der Waals surface area contributed by atoms with Gasteiger partial charge in [0.15, 0.2) is 0 Å². The highest BCUT2D eigenvalue weighted by atomic mass is 35.5. The number of amides is 1. The molecule has 5 heteroatoms. The van der Waals surface area contributed by atoms with E-state index < -0.39 is 0 Å². The Labute approximate surface area is 116 Å². The van der Waals surface area contributed by atoms with Crippen molar-refractivity contribution in [3.05, 3.63) is 58.9 Å². The number of hydrogen-bond acceptors (Lipinski definition) is 2. The minimum absolute atomic E-state index is 0.153. The smallest absolute Gasteiger partial charge is 0.245 e. The van der Waals surface area contributed by atoms with Crippen molar-refractivity contribution in [3.8, 4) is 0 Å². The number of rotatable bonds is 4. The summed E-state index contributed by atoms with van der Waals surface area (Å²) in [5.74, 6) is -0.153. The quantitative estimate of drug-likeness (QED) is 0.676. The molecule has 0 fully saturated rings. The first kappa shape index (κ1) is 13.4. The van der Waals surface area contributed by atoms with Crippen molar-refractivity contribution in [2.24, 2.45) is 12.1 Å². The van der Waals surface area contributed by atoms with Crippen molar-refractivity contribution in [2.45, 2.75) is 6.42 Å². The van der Waals surface area contributed by atoms with Crippen LogP contribution < -0.4 is 5.43 Å². The third kappa shape index (κ3) is 3.96. The largest absolute Gasteiger partial charge is 0.354 e. The fourth-order valence-electron chi connectivity index (χ4n) is 1.65. The maximum atomic E-state index is 11.7. The van der Waals surface area contributed by atoms with Gasteiger partial charge < -0.3 is 4.57 Å². The number of nitrogens with one attached hydrogen (secondary N) is 1. The Balaban J connectivity index is 1.88. The molecule has 0 saturated heterocycles. The number of benzene rings is 1. The third-order valence-corrected chi connectivity index (χ3v) is 2.88. The topological polar surface area (TPSA) is 46.4 Å². The van der Waals surface area contributed by atoms with E-state index in [2.05, 4.69) is 10.5 Å². The summed E-state index contributed by atoms with van der Waals surface area (Å²) in [6, 6.07) is 11.0. The Bertz CT molecular complexity index is 604. The van der Waals surface area contributed by atoms with E-state index in [4.69, 9.17) is 11.6 Å². The van der Waals surface area contributed by atoms with E-state index in [-0.39, 0.29) is 5.91 Å². The maximum absolute atomic E-state index is 11.7. The molecule has 1 N–H and O–H groups in total. The van der Waals surface area contributed by atoms with E-state index in [1.54, 1.807) is 18.3 Å². The van der Waals surface area contributed by atoms with Crippen LogP contribution in [0.25, 0.3) is 0 Å². The fourth-order valence-corrected chi connectivity index (χ4v) is 1.85. The minimum atomic E-state index is -0.153. The van der Waals surface area contributed by atoms with Gasteiger partial charge in [-0.25, -0.2) is 5.43 Å². The molecule has 4 nitrogen and oxygen atoms in total. The third-order valence-electron chi connectivity index (χ3n) is 2.64. The van der Waals surface area contributed by atoms with E-state index in [1.807, 2.05) is 42.1 Å². The van der Waals surface area contributed by atoms with Crippen LogP contribution in [0, 0.1) is 0 Å². The van der Waals surface area contributed by atoms with Gasteiger partial charge in [0, 0.05) is 24.0 Å². The summed E-state index contributed by atoms with van der Waals surface area (Å²) in [6.45, 7) is 0. The Morgan fingerprint density at radius 3 is 2.95 bits per heavy atom. The monoisotopic (exact) mass is 275 g/mol. The van der Waals surface area contributed by atoms with Crippen molar-refractivity contribution in [2.75, 3.05) is 0 Å². The lowest BCUT2D eigenvalue weighted by molar-refractivity contribution is -0.120. The van der Waals surface area contributed by atoms with E-state index in [1.165, 1.54) is 0 Å². The highest BCUT2D eigenvalue weighted by Crippen LogP contribution is 2.08. The lowest BCUT2D eigenvalue weighted by Crippen LogP contribution is -2.20. The van der Waals surface area contributed by atoms with Gasteiger partial charge in [-0.3, -0.25) is 4.79 Å². The number of carbonyl (C=O) groups excluding carboxylic acids is 1. The highest BCUT2D eigenvalue weighted by Gasteiger charge is 2.04. The van der Waals surface area contributed by atoms with Crippen molar-refractivity contribution < 1.29 is 4.79 Å². The SMILES string of the molecule is Cn1cccc1CC(=O)NN=Cc1cccc(Cl)c1. The minimum Gasteiger partial charge on any atom is -0.354 e. The van der Waals surface area contributed by atoms with E-state index in [0.29, 0.717) is 11.4 Å². The Kier molecular flexibility index (Phi) is 4.36. The van der Waals surface area contributed by atoms with Crippen molar-refractivity contribution in [3.63, 3.8) is 0 Å². The van der Waals surface area contributed by atoms with Crippen LogP contribution in [0.5, 0.6) is 0 Å². The summed E-state index contributed by atoms with van der Waals surface area (Å²) >= 11 is 5.85. The summed E-state index contributed by atoms with van der Waals surface area (Å²) in [5.41, 5.74) is 4.27. The van der Waals surface area contributed by atoms with Gasteiger partial charge in [-0.1, -0.05) is 23.7 Å². The zero-order valence-corrected chi connectivity index (χ0v) is 11.3. The van der Waals surface area contributed by atoms with Gasteiger partial charge in [0.05, 0.1) is 12.6 Å². The molecular formula is C14H14ClN3O. The molecule has 0 aliphatic carbocycles. The number of hydrogen-bond donors (Lipinski definition) is 1. The summed E-state index contributed by atoms with van der Waals surface area (Å²) in [7, 11) is 1.90. The first-order chi connectivity index (χ1) is 9.15. The van der Waals surface area contributed by atoms with Crippen LogP contribution in [0.3, 0.4) is 0 Å².